The molecule has 0 bridgehead atoms. The molecule has 0 saturated heterocycles. The van der Waals surface area contributed by atoms with E-state index >= 15 is 0 Å². The second-order valence-electron chi connectivity index (χ2n) is 5.09. The van der Waals surface area contributed by atoms with E-state index in [2.05, 4.69) is 42.4 Å². The van der Waals surface area contributed by atoms with Gasteiger partial charge in [-0.2, -0.15) is 8.75 Å². The lowest BCUT2D eigenvalue weighted by molar-refractivity contribution is 1.32. The van der Waals surface area contributed by atoms with Crippen molar-refractivity contribution < 1.29 is 0 Å². The zero-order valence-corrected chi connectivity index (χ0v) is 13.8. The first kappa shape index (κ1) is 15.0. The first-order valence-corrected chi connectivity index (χ1v) is 8.22. The van der Waals surface area contributed by atoms with Gasteiger partial charge in [-0.15, -0.1) is 0 Å². The SMILES string of the molecule is C(#Cc1ccc(C#Cc2ccncc2)c2nsnc12)c1ccncc1. The maximum Gasteiger partial charge on any atom is 0.121 e. The molecule has 4 rings (SSSR count). The Hall–Kier alpha value is -3.54. The minimum Gasteiger partial charge on any atom is -0.265 e. The van der Waals surface area contributed by atoms with Gasteiger partial charge in [0.1, 0.15) is 11.0 Å². The third-order valence-electron chi connectivity index (χ3n) is 3.46. The Morgan fingerprint density at radius 2 is 1.00 bits per heavy atom. The fourth-order valence-corrected chi connectivity index (χ4v) is 2.79. The summed E-state index contributed by atoms with van der Waals surface area (Å²) in [6.45, 7) is 0. The number of pyridine rings is 2. The zero-order chi connectivity index (χ0) is 16.9. The summed E-state index contributed by atoms with van der Waals surface area (Å²) in [5, 5.41) is 0. The highest BCUT2D eigenvalue weighted by Gasteiger charge is 2.07. The molecule has 4 nitrogen and oxygen atoms in total. The van der Waals surface area contributed by atoms with Crippen molar-refractivity contribution in [2.75, 3.05) is 0 Å². The van der Waals surface area contributed by atoms with Crippen molar-refractivity contribution in [1.29, 1.82) is 0 Å². The average Bonchev–Trinajstić information content (AvgIpc) is 3.17. The maximum atomic E-state index is 4.38. The summed E-state index contributed by atoms with van der Waals surface area (Å²) in [5.74, 6) is 12.6. The monoisotopic (exact) mass is 338 g/mol. The fraction of sp³-hybridized carbons (Fsp3) is 0. The van der Waals surface area contributed by atoms with Gasteiger partial charge < -0.3 is 0 Å². The third kappa shape index (κ3) is 3.37. The van der Waals surface area contributed by atoms with E-state index in [1.165, 1.54) is 11.7 Å². The molecule has 0 aliphatic carbocycles. The van der Waals surface area contributed by atoms with Gasteiger partial charge in [-0.05, 0) is 36.4 Å². The van der Waals surface area contributed by atoms with Crippen LogP contribution < -0.4 is 0 Å². The Labute approximate surface area is 148 Å². The minimum absolute atomic E-state index is 0.785. The first-order chi connectivity index (χ1) is 12.4. The molecule has 0 amide bonds. The Morgan fingerprint density at radius 3 is 1.44 bits per heavy atom. The highest BCUT2D eigenvalue weighted by molar-refractivity contribution is 7.00. The van der Waals surface area contributed by atoms with Crippen molar-refractivity contribution in [3.63, 3.8) is 0 Å². The lowest BCUT2D eigenvalue weighted by Crippen LogP contribution is -1.85. The molecule has 0 aliphatic heterocycles. The van der Waals surface area contributed by atoms with Crippen LogP contribution in [-0.2, 0) is 0 Å². The van der Waals surface area contributed by atoms with Gasteiger partial charge in [0.25, 0.3) is 0 Å². The van der Waals surface area contributed by atoms with Crippen LogP contribution in [0.1, 0.15) is 22.3 Å². The van der Waals surface area contributed by atoms with E-state index in [9.17, 15) is 0 Å². The molecule has 0 fully saturated rings. The van der Waals surface area contributed by atoms with E-state index < -0.39 is 0 Å². The van der Waals surface area contributed by atoms with Crippen molar-refractivity contribution in [2.45, 2.75) is 0 Å². The van der Waals surface area contributed by atoms with Crippen molar-refractivity contribution >= 4 is 22.8 Å². The van der Waals surface area contributed by atoms with E-state index in [-0.39, 0.29) is 0 Å². The summed E-state index contributed by atoms with van der Waals surface area (Å²) in [6, 6.07) is 11.4. The van der Waals surface area contributed by atoms with E-state index in [1.807, 2.05) is 36.4 Å². The number of benzene rings is 1. The molecule has 25 heavy (non-hydrogen) atoms. The van der Waals surface area contributed by atoms with Gasteiger partial charge in [0.15, 0.2) is 0 Å². The third-order valence-corrected chi connectivity index (χ3v) is 3.99. The Morgan fingerprint density at radius 1 is 0.560 bits per heavy atom. The van der Waals surface area contributed by atoms with Crippen LogP contribution in [0.2, 0.25) is 0 Å². The Bertz CT molecular complexity index is 1050. The van der Waals surface area contributed by atoms with E-state index in [0.29, 0.717) is 0 Å². The topological polar surface area (TPSA) is 51.6 Å². The molecule has 0 unspecified atom stereocenters. The second-order valence-corrected chi connectivity index (χ2v) is 5.62. The standard InChI is InChI=1S/C20H10N4S/c1(15-7-11-21-12-8-15)3-17-5-6-18(20-19(17)23-25-24-20)4-2-16-9-13-22-14-10-16/h5-14H. The molecule has 4 aromatic rings. The number of hydrogen-bond donors (Lipinski definition) is 0. The lowest BCUT2D eigenvalue weighted by Gasteiger charge is -1.96. The predicted molar refractivity (Wildman–Crippen MR) is 97.8 cm³/mol. The van der Waals surface area contributed by atoms with Gasteiger partial charge in [-0.3, -0.25) is 9.97 Å². The summed E-state index contributed by atoms with van der Waals surface area (Å²) in [4.78, 5) is 7.98. The molecule has 3 heterocycles. The Kier molecular flexibility index (Phi) is 4.16. The summed E-state index contributed by atoms with van der Waals surface area (Å²) in [6.07, 6.45) is 6.90. The van der Waals surface area contributed by atoms with Gasteiger partial charge in [-0.1, -0.05) is 23.7 Å². The molecule has 3 aromatic heterocycles. The molecule has 1 aromatic carbocycles. The van der Waals surface area contributed by atoms with E-state index in [4.69, 9.17) is 0 Å². The molecular weight excluding hydrogens is 328 g/mol. The molecule has 5 heteroatoms. The van der Waals surface area contributed by atoms with Gasteiger partial charge in [0.2, 0.25) is 0 Å². The van der Waals surface area contributed by atoms with Crippen molar-refractivity contribution in [1.82, 2.24) is 18.7 Å². The number of nitrogens with zero attached hydrogens (tertiary/aromatic N) is 4. The molecule has 0 spiro atoms. The van der Waals surface area contributed by atoms with Gasteiger partial charge >= 0.3 is 0 Å². The molecule has 0 aliphatic rings. The van der Waals surface area contributed by atoms with E-state index in [1.54, 1.807) is 24.8 Å². The highest BCUT2D eigenvalue weighted by Crippen LogP contribution is 2.20. The minimum atomic E-state index is 0.785. The maximum absolute atomic E-state index is 4.38. The molecular formula is C20H10N4S. The first-order valence-electron chi connectivity index (χ1n) is 7.49. The van der Waals surface area contributed by atoms with Crippen LogP contribution in [0.4, 0.5) is 0 Å². The largest absolute Gasteiger partial charge is 0.265 e. The second kappa shape index (κ2) is 6.92. The molecule has 116 valence electrons. The number of fused-ring (bicyclic) bond motifs is 1. The highest BCUT2D eigenvalue weighted by atomic mass is 32.1. The van der Waals surface area contributed by atoms with Gasteiger partial charge in [0, 0.05) is 35.9 Å². The fourth-order valence-electron chi connectivity index (χ4n) is 2.22. The smallest absolute Gasteiger partial charge is 0.121 e. The summed E-state index contributed by atoms with van der Waals surface area (Å²) in [7, 11) is 0. The van der Waals surface area contributed by atoms with Crippen LogP contribution in [0.25, 0.3) is 11.0 Å². The van der Waals surface area contributed by atoms with Crippen LogP contribution in [0, 0.1) is 23.7 Å². The summed E-state index contributed by atoms with van der Waals surface area (Å²) in [5.41, 5.74) is 5.08. The van der Waals surface area contributed by atoms with Crippen LogP contribution in [0.15, 0.2) is 61.2 Å². The average molecular weight is 338 g/mol. The van der Waals surface area contributed by atoms with Crippen LogP contribution in [-0.4, -0.2) is 18.7 Å². The molecule has 0 atom stereocenters. The van der Waals surface area contributed by atoms with E-state index in [0.717, 1.165) is 33.3 Å². The van der Waals surface area contributed by atoms with Crippen molar-refractivity contribution in [3.8, 4) is 23.7 Å². The van der Waals surface area contributed by atoms with Crippen LogP contribution >= 0.6 is 11.7 Å². The predicted octanol–water partition coefficient (Wildman–Crippen LogP) is 3.28. The Balaban J connectivity index is 1.73. The normalized spacial score (nSPS) is 9.76. The van der Waals surface area contributed by atoms with Crippen LogP contribution in [0.3, 0.4) is 0 Å². The summed E-state index contributed by atoms with van der Waals surface area (Å²) >= 11 is 1.17. The number of rotatable bonds is 0. The quantitative estimate of drug-likeness (QED) is 0.462. The van der Waals surface area contributed by atoms with Gasteiger partial charge in [-0.25, -0.2) is 0 Å². The van der Waals surface area contributed by atoms with Crippen molar-refractivity contribution in [3.05, 3.63) is 83.4 Å². The molecule has 0 radical (unpaired) electrons. The lowest BCUT2D eigenvalue weighted by atomic mass is 10.1. The molecule has 0 N–H and O–H groups in total. The summed E-state index contributed by atoms with van der Waals surface area (Å²) < 4.78 is 8.77. The van der Waals surface area contributed by atoms with Crippen LogP contribution in [0.5, 0.6) is 0 Å². The molecule has 0 saturated carbocycles. The van der Waals surface area contributed by atoms with Crippen molar-refractivity contribution in [2.24, 2.45) is 0 Å². The number of aromatic nitrogens is 4. The zero-order valence-electron chi connectivity index (χ0n) is 13.0. The van der Waals surface area contributed by atoms with Gasteiger partial charge in [0.05, 0.1) is 22.9 Å². The number of hydrogen-bond acceptors (Lipinski definition) is 5.